The number of nitrogens with one attached hydrogen (secondary N) is 3. The Balaban J connectivity index is 0.000000287. The van der Waals surface area contributed by atoms with E-state index in [4.69, 9.17) is 18.9 Å². The van der Waals surface area contributed by atoms with Crippen LogP contribution in [0.15, 0.2) is 43.0 Å². The molecule has 0 atom stereocenters. The predicted molar refractivity (Wildman–Crippen MR) is 193 cm³/mol. The molecular formula is C38H43N3O12. The third kappa shape index (κ3) is 10.7. The summed E-state index contributed by atoms with van der Waals surface area (Å²) in [6.07, 6.45) is 2.61. The van der Waals surface area contributed by atoms with Crippen LogP contribution >= 0.6 is 0 Å². The average molecular weight is 734 g/mol. The van der Waals surface area contributed by atoms with E-state index in [1.54, 1.807) is 71.9 Å². The van der Waals surface area contributed by atoms with Crippen LogP contribution in [-0.2, 0) is 23.7 Å². The summed E-state index contributed by atoms with van der Waals surface area (Å²) in [6, 6.07) is 10.4. The van der Waals surface area contributed by atoms with E-state index >= 15 is 0 Å². The fourth-order valence-electron chi connectivity index (χ4n) is 4.88. The first kappa shape index (κ1) is 42.7. The number of aldehydes is 2. The molecule has 15 heteroatoms. The van der Waals surface area contributed by atoms with Crippen molar-refractivity contribution in [1.82, 2.24) is 15.0 Å². The van der Waals surface area contributed by atoms with Crippen LogP contribution in [-0.4, -0.2) is 90.9 Å². The van der Waals surface area contributed by atoms with Gasteiger partial charge in [0.25, 0.3) is 0 Å². The van der Waals surface area contributed by atoms with Crippen molar-refractivity contribution in [3.05, 3.63) is 99.4 Å². The maximum atomic E-state index is 12.3. The highest BCUT2D eigenvalue weighted by atomic mass is 16.5. The van der Waals surface area contributed by atoms with Gasteiger partial charge in [-0.2, -0.15) is 0 Å². The number of aryl methyl sites for hydroxylation is 1. The number of aromatic amines is 3. The van der Waals surface area contributed by atoms with Crippen molar-refractivity contribution >= 4 is 48.5 Å². The van der Waals surface area contributed by atoms with Crippen LogP contribution in [0.4, 0.5) is 0 Å². The van der Waals surface area contributed by atoms with Crippen LogP contribution in [0.5, 0.6) is 0 Å². The summed E-state index contributed by atoms with van der Waals surface area (Å²) in [5, 5.41) is 0. The predicted octanol–water partition coefficient (Wildman–Crippen LogP) is 6.09. The van der Waals surface area contributed by atoms with E-state index in [-0.39, 0.29) is 42.5 Å². The maximum Gasteiger partial charge on any atom is 0.355 e. The number of carbonyl (C=O) groups excluding carboxylic acids is 7. The lowest BCUT2D eigenvalue weighted by Crippen LogP contribution is -2.09. The first-order valence-corrected chi connectivity index (χ1v) is 16.4. The first-order chi connectivity index (χ1) is 25.4. The van der Waals surface area contributed by atoms with E-state index in [2.05, 4.69) is 26.3 Å². The monoisotopic (exact) mass is 733 g/mol. The maximum absolute atomic E-state index is 12.3. The molecule has 0 amide bonds. The Kier molecular flexibility index (Phi) is 16.9. The molecule has 4 rings (SSSR count). The zero-order valence-corrected chi connectivity index (χ0v) is 30.6. The van der Waals surface area contributed by atoms with Gasteiger partial charge in [0.05, 0.1) is 61.7 Å². The molecule has 0 aliphatic carbocycles. The third-order valence-electron chi connectivity index (χ3n) is 7.16. The molecule has 3 N–H and O–H groups in total. The Labute approximate surface area is 306 Å². The molecular weight excluding hydrogens is 690 g/mol. The second-order valence-corrected chi connectivity index (χ2v) is 10.5. The first-order valence-electron chi connectivity index (χ1n) is 16.4. The molecule has 53 heavy (non-hydrogen) atoms. The normalized spacial score (nSPS) is 9.94. The molecule has 0 radical (unpaired) electrons. The van der Waals surface area contributed by atoms with Crippen LogP contribution < -0.4 is 0 Å². The van der Waals surface area contributed by atoms with Gasteiger partial charge in [-0.1, -0.05) is 36.9 Å². The van der Waals surface area contributed by atoms with E-state index < -0.39 is 29.8 Å². The molecule has 0 saturated heterocycles. The van der Waals surface area contributed by atoms with Crippen molar-refractivity contribution in [3.8, 4) is 11.1 Å². The Morgan fingerprint density at radius 3 is 1.62 bits per heavy atom. The van der Waals surface area contributed by atoms with E-state index in [0.717, 1.165) is 5.56 Å². The Morgan fingerprint density at radius 2 is 1.15 bits per heavy atom. The molecule has 3 heterocycles. The molecule has 282 valence electrons. The molecule has 1 aromatic carbocycles. The zero-order chi connectivity index (χ0) is 39.7. The summed E-state index contributed by atoms with van der Waals surface area (Å²) in [6.45, 7) is 14.7. The van der Waals surface area contributed by atoms with Gasteiger partial charge in [0.1, 0.15) is 17.1 Å². The summed E-state index contributed by atoms with van der Waals surface area (Å²) in [5.74, 6) is -2.73. The van der Waals surface area contributed by atoms with Crippen LogP contribution in [0.25, 0.3) is 17.2 Å². The number of ether oxygens (including phenoxy) is 5. The average Bonchev–Trinajstić information content (AvgIpc) is 3.85. The third-order valence-corrected chi connectivity index (χ3v) is 7.16. The molecule has 0 unspecified atom stereocenters. The number of benzene rings is 1. The smallest absolute Gasteiger partial charge is 0.355 e. The number of carbonyl (C=O) groups is 7. The Hall–Kier alpha value is -6.51. The minimum absolute atomic E-state index is 0.00893. The minimum Gasteiger partial charge on any atom is -0.465 e. The Bertz CT molecular complexity index is 1930. The number of hydrogen-bond donors (Lipinski definition) is 3. The lowest BCUT2D eigenvalue weighted by Gasteiger charge is -2.07. The van der Waals surface area contributed by atoms with Crippen molar-refractivity contribution in [2.75, 3.05) is 33.5 Å². The molecule has 0 bridgehead atoms. The lowest BCUT2D eigenvalue weighted by molar-refractivity contribution is 0.0509. The van der Waals surface area contributed by atoms with Gasteiger partial charge in [0.2, 0.25) is 0 Å². The topological polar surface area (TPSA) is 213 Å². The van der Waals surface area contributed by atoms with Crippen molar-refractivity contribution in [2.24, 2.45) is 0 Å². The van der Waals surface area contributed by atoms with Crippen LogP contribution in [0.2, 0.25) is 0 Å². The highest BCUT2D eigenvalue weighted by Gasteiger charge is 2.29. The molecule has 15 nitrogen and oxygen atoms in total. The highest BCUT2D eigenvalue weighted by molar-refractivity contribution is 6.10. The minimum atomic E-state index is -0.666. The second kappa shape index (κ2) is 21.0. The van der Waals surface area contributed by atoms with Crippen LogP contribution in [0, 0.1) is 13.8 Å². The zero-order valence-electron chi connectivity index (χ0n) is 30.6. The molecule has 0 aliphatic heterocycles. The van der Waals surface area contributed by atoms with E-state index in [0.29, 0.717) is 58.5 Å². The standard InChI is InChI=1S/C17H17NO5.C12H15NO4.C9H11NO3/c1-3-22-16(20)14-12(10-19)18-15(17(21)23-4-2)13(14)11-8-6-5-7-9-11;1-5-8-9(11(14)16-4)7(3)10(13-8)12(15)17-6-2;1-3-13-9(12)8-6(2)4-7(5-11)10-8/h5-10,18H,3-4H2,1-2H3;5,13H,1,6H2,2-4H3;4-5,10H,3H2,1-2H3. The van der Waals surface area contributed by atoms with Crippen molar-refractivity contribution in [3.63, 3.8) is 0 Å². The van der Waals surface area contributed by atoms with Crippen molar-refractivity contribution in [1.29, 1.82) is 0 Å². The van der Waals surface area contributed by atoms with Crippen molar-refractivity contribution < 1.29 is 57.2 Å². The van der Waals surface area contributed by atoms with Gasteiger partial charge in [0, 0.05) is 5.56 Å². The summed E-state index contributed by atoms with van der Waals surface area (Å²) < 4.78 is 24.3. The summed E-state index contributed by atoms with van der Waals surface area (Å²) in [5.41, 5.74) is 4.00. The number of esters is 5. The summed E-state index contributed by atoms with van der Waals surface area (Å²) >= 11 is 0. The fraction of sp³-hybridized carbons (Fsp3) is 0.289. The number of aromatic nitrogens is 3. The molecule has 0 saturated carbocycles. The molecule has 3 aromatic heterocycles. The number of hydrogen-bond acceptors (Lipinski definition) is 12. The van der Waals surface area contributed by atoms with Crippen molar-refractivity contribution in [2.45, 2.75) is 41.5 Å². The highest BCUT2D eigenvalue weighted by Crippen LogP contribution is 2.31. The van der Waals surface area contributed by atoms with E-state index in [1.807, 2.05) is 6.07 Å². The van der Waals surface area contributed by atoms with Crippen LogP contribution in [0.3, 0.4) is 0 Å². The molecule has 0 spiro atoms. The number of H-pyrrole nitrogens is 3. The quantitative estimate of drug-likeness (QED) is 0.0809. The summed E-state index contributed by atoms with van der Waals surface area (Å²) in [4.78, 5) is 88.7. The van der Waals surface area contributed by atoms with Gasteiger partial charge in [-0.3, -0.25) is 9.59 Å². The molecule has 0 fully saturated rings. The molecule has 4 aromatic rings. The van der Waals surface area contributed by atoms with Gasteiger partial charge in [-0.15, -0.1) is 0 Å². The van der Waals surface area contributed by atoms with Gasteiger partial charge >= 0.3 is 29.8 Å². The lowest BCUT2D eigenvalue weighted by atomic mass is 10.00. The van der Waals surface area contributed by atoms with Gasteiger partial charge in [-0.05, 0) is 70.4 Å². The van der Waals surface area contributed by atoms with Gasteiger partial charge in [0.15, 0.2) is 12.6 Å². The number of methoxy groups -OCH3 is 1. The van der Waals surface area contributed by atoms with Gasteiger partial charge in [-0.25, -0.2) is 24.0 Å². The second-order valence-electron chi connectivity index (χ2n) is 10.5. The Morgan fingerprint density at radius 1 is 0.642 bits per heavy atom. The fourth-order valence-corrected chi connectivity index (χ4v) is 4.88. The summed E-state index contributed by atoms with van der Waals surface area (Å²) in [7, 11) is 1.28. The molecule has 0 aliphatic rings. The van der Waals surface area contributed by atoms with Gasteiger partial charge < -0.3 is 38.6 Å². The SMILES string of the molecule is C=Cc1[nH]c(C(=O)OCC)c(C)c1C(=O)OC.CCOC(=O)c1[nH]c(C=O)c(C(=O)OCC)c1-c1ccccc1.CCOC(=O)c1[nH]c(C=O)cc1C. The van der Waals surface area contributed by atoms with Crippen LogP contribution in [0.1, 0.15) is 118 Å². The largest absolute Gasteiger partial charge is 0.465 e. The number of rotatable bonds is 13. The van der Waals surface area contributed by atoms with E-state index in [1.165, 1.54) is 13.2 Å². The van der Waals surface area contributed by atoms with E-state index in [9.17, 15) is 33.6 Å².